The topological polar surface area (TPSA) is 95.3 Å². The molecular weight excluding hydrogens is 408 g/mol. The van der Waals surface area contributed by atoms with Gasteiger partial charge < -0.3 is 14.8 Å². The zero-order valence-corrected chi connectivity index (χ0v) is 17.5. The molecule has 0 aliphatic rings. The molecule has 0 bridgehead atoms. The Hall–Kier alpha value is -4.20. The van der Waals surface area contributed by atoms with Gasteiger partial charge in [-0.1, -0.05) is 12.1 Å². The Morgan fingerprint density at radius 1 is 1.03 bits per heavy atom. The van der Waals surface area contributed by atoms with Gasteiger partial charge >= 0.3 is 0 Å². The maximum atomic E-state index is 12.5. The highest BCUT2D eigenvalue weighted by Crippen LogP contribution is 2.23. The molecule has 2 aromatic carbocycles. The number of carbonyl (C=O) groups is 1. The highest BCUT2D eigenvalue weighted by Gasteiger charge is 2.09. The number of nitrogens with one attached hydrogen (secondary N) is 1. The molecule has 2 aromatic heterocycles. The summed E-state index contributed by atoms with van der Waals surface area (Å²) in [5, 5.41) is 2.83. The van der Waals surface area contributed by atoms with Gasteiger partial charge in [0.05, 0.1) is 23.8 Å². The molecule has 0 unspecified atom stereocenters. The van der Waals surface area contributed by atoms with E-state index in [9.17, 15) is 9.59 Å². The fourth-order valence-corrected chi connectivity index (χ4v) is 3.19. The highest BCUT2D eigenvalue weighted by molar-refractivity contribution is 5.79. The zero-order chi connectivity index (χ0) is 22.3. The first-order valence-electron chi connectivity index (χ1n) is 10.2. The summed E-state index contributed by atoms with van der Waals surface area (Å²) in [6.45, 7) is 2.71. The van der Waals surface area contributed by atoms with Crippen LogP contribution in [0.5, 0.6) is 17.4 Å². The lowest BCUT2D eigenvalue weighted by atomic mass is 10.2. The number of carbonyl (C=O) groups excluding carboxylic acids is 1. The summed E-state index contributed by atoms with van der Waals surface area (Å²) in [5.41, 5.74) is 1.77. The number of aromatic nitrogens is 3. The van der Waals surface area contributed by atoms with Crippen molar-refractivity contribution in [3.05, 3.63) is 89.0 Å². The van der Waals surface area contributed by atoms with E-state index in [2.05, 4.69) is 15.3 Å². The van der Waals surface area contributed by atoms with Crippen LogP contribution < -0.4 is 20.3 Å². The Bertz CT molecular complexity index is 1290. The third-order valence-corrected chi connectivity index (χ3v) is 4.70. The molecule has 1 amide bonds. The molecule has 0 spiro atoms. The molecule has 2 heterocycles. The smallest absolute Gasteiger partial charge is 0.269 e. The van der Waals surface area contributed by atoms with Crippen molar-refractivity contribution in [3.8, 4) is 17.4 Å². The third kappa shape index (κ3) is 5.10. The number of amides is 1. The number of ether oxygens (including phenoxy) is 2. The van der Waals surface area contributed by atoms with Crippen LogP contribution in [0.4, 0.5) is 0 Å². The van der Waals surface area contributed by atoms with Crippen LogP contribution in [0.2, 0.25) is 0 Å². The molecule has 4 aromatic rings. The predicted octanol–water partition coefficient (Wildman–Crippen LogP) is 3.30. The summed E-state index contributed by atoms with van der Waals surface area (Å²) in [7, 11) is 0. The van der Waals surface area contributed by atoms with E-state index in [1.54, 1.807) is 48.7 Å². The number of pyridine rings is 1. The Balaban J connectivity index is 1.39. The monoisotopic (exact) mass is 430 g/mol. The van der Waals surface area contributed by atoms with Gasteiger partial charge in [0.2, 0.25) is 11.8 Å². The Kier molecular flexibility index (Phi) is 6.41. The molecule has 0 aliphatic heterocycles. The molecule has 0 saturated heterocycles. The molecular formula is C24H22N4O4. The van der Waals surface area contributed by atoms with Gasteiger partial charge in [0, 0.05) is 18.8 Å². The van der Waals surface area contributed by atoms with Crippen LogP contribution >= 0.6 is 0 Å². The lowest BCUT2D eigenvalue weighted by molar-refractivity contribution is -0.121. The van der Waals surface area contributed by atoms with E-state index in [4.69, 9.17) is 9.47 Å². The minimum atomic E-state index is -0.325. The standard InChI is InChI=1S/C24H22N4O4/c1-2-31-18-7-9-19(10-8-18)32-23-13-17(11-12-25-23)14-27-22(29)16-28-21-6-4-3-5-20(21)26-15-24(28)30/h3-13,15H,2,14,16H2,1H3,(H,27,29). The van der Waals surface area contributed by atoms with Gasteiger partial charge in [0.1, 0.15) is 18.0 Å². The fourth-order valence-electron chi connectivity index (χ4n) is 3.19. The Labute approximate surface area is 184 Å². The number of para-hydroxylation sites is 2. The van der Waals surface area contributed by atoms with E-state index >= 15 is 0 Å². The van der Waals surface area contributed by atoms with Crippen molar-refractivity contribution in [2.24, 2.45) is 0 Å². The predicted molar refractivity (Wildman–Crippen MR) is 120 cm³/mol. The van der Waals surface area contributed by atoms with E-state index in [-0.39, 0.29) is 24.6 Å². The third-order valence-electron chi connectivity index (χ3n) is 4.70. The van der Waals surface area contributed by atoms with Crippen molar-refractivity contribution >= 4 is 16.9 Å². The van der Waals surface area contributed by atoms with Crippen molar-refractivity contribution < 1.29 is 14.3 Å². The second-order valence-corrected chi connectivity index (χ2v) is 6.96. The molecule has 4 rings (SSSR count). The fraction of sp³-hybridized carbons (Fsp3) is 0.167. The van der Waals surface area contributed by atoms with Gasteiger partial charge in [-0.3, -0.25) is 14.2 Å². The van der Waals surface area contributed by atoms with Gasteiger partial charge in [-0.2, -0.15) is 0 Å². The van der Waals surface area contributed by atoms with Crippen LogP contribution in [-0.2, 0) is 17.9 Å². The normalized spacial score (nSPS) is 10.7. The molecule has 32 heavy (non-hydrogen) atoms. The first-order chi connectivity index (χ1) is 15.6. The molecule has 0 fully saturated rings. The van der Waals surface area contributed by atoms with Crippen LogP contribution in [0.3, 0.4) is 0 Å². The Morgan fingerprint density at radius 2 is 1.81 bits per heavy atom. The first-order valence-corrected chi connectivity index (χ1v) is 10.2. The van der Waals surface area contributed by atoms with Gasteiger partial charge in [-0.25, -0.2) is 9.97 Å². The number of hydrogen-bond donors (Lipinski definition) is 1. The van der Waals surface area contributed by atoms with Crippen molar-refractivity contribution in [1.82, 2.24) is 19.9 Å². The van der Waals surface area contributed by atoms with Crippen molar-refractivity contribution in [3.63, 3.8) is 0 Å². The van der Waals surface area contributed by atoms with Crippen molar-refractivity contribution in [1.29, 1.82) is 0 Å². The average molecular weight is 430 g/mol. The van der Waals surface area contributed by atoms with Crippen LogP contribution in [0.25, 0.3) is 11.0 Å². The van der Waals surface area contributed by atoms with Gasteiger partial charge in [-0.15, -0.1) is 0 Å². The summed E-state index contributed by atoms with van der Waals surface area (Å²) in [5.74, 6) is 1.53. The first kappa shape index (κ1) is 21.0. The van der Waals surface area contributed by atoms with E-state index in [1.807, 2.05) is 25.1 Å². The zero-order valence-electron chi connectivity index (χ0n) is 17.5. The van der Waals surface area contributed by atoms with Crippen LogP contribution in [-0.4, -0.2) is 27.0 Å². The average Bonchev–Trinajstić information content (AvgIpc) is 2.81. The number of benzene rings is 2. The van der Waals surface area contributed by atoms with Crippen molar-refractivity contribution in [2.75, 3.05) is 6.61 Å². The van der Waals surface area contributed by atoms with Crippen molar-refractivity contribution in [2.45, 2.75) is 20.0 Å². The van der Waals surface area contributed by atoms with Gasteiger partial charge in [0.25, 0.3) is 5.56 Å². The SMILES string of the molecule is CCOc1ccc(Oc2cc(CNC(=O)Cn3c(=O)cnc4ccccc43)ccn2)cc1. The number of rotatable bonds is 8. The molecule has 0 radical (unpaired) electrons. The highest BCUT2D eigenvalue weighted by atomic mass is 16.5. The summed E-state index contributed by atoms with van der Waals surface area (Å²) < 4.78 is 12.6. The van der Waals surface area contributed by atoms with E-state index in [0.29, 0.717) is 29.3 Å². The van der Waals surface area contributed by atoms with Crippen LogP contribution in [0, 0.1) is 0 Å². The molecule has 8 heteroatoms. The van der Waals surface area contributed by atoms with Gasteiger partial charge in [-0.05, 0) is 55.0 Å². The second-order valence-electron chi connectivity index (χ2n) is 6.96. The van der Waals surface area contributed by atoms with Crippen LogP contribution in [0.15, 0.2) is 77.9 Å². The quantitative estimate of drug-likeness (QED) is 0.461. The summed E-state index contributed by atoms with van der Waals surface area (Å²) in [6, 6.07) is 18.0. The largest absolute Gasteiger partial charge is 0.494 e. The molecule has 162 valence electrons. The maximum Gasteiger partial charge on any atom is 0.269 e. The minimum Gasteiger partial charge on any atom is -0.494 e. The van der Waals surface area contributed by atoms with Gasteiger partial charge in [0.15, 0.2) is 0 Å². The van der Waals surface area contributed by atoms with E-state index < -0.39 is 0 Å². The second kappa shape index (κ2) is 9.74. The molecule has 0 atom stereocenters. The van der Waals surface area contributed by atoms with E-state index in [0.717, 1.165) is 11.3 Å². The van der Waals surface area contributed by atoms with E-state index in [1.165, 1.54) is 10.8 Å². The summed E-state index contributed by atoms with van der Waals surface area (Å²) >= 11 is 0. The number of hydrogen-bond acceptors (Lipinski definition) is 6. The minimum absolute atomic E-state index is 0.0948. The maximum absolute atomic E-state index is 12.5. The Morgan fingerprint density at radius 3 is 2.62 bits per heavy atom. The molecule has 1 N–H and O–H groups in total. The lowest BCUT2D eigenvalue weighted by Gasteiger charge is -2.11. The number of fused-ring (bicyclic) bond motifs is 1. The number of nitrogens with zero attached hydrogens (tertiary/aromatic N) is 3. The summed E-state index contributed by atoms with van der Waals surface area (Å²) in [4.78, 5) is 33.0. The molecule has 0 aliphatic carbocycles. The lowest BCUT2D eigenvalue weighted by Crippen LogP contribution is -2.32. The molecule has 8 nitrogen and oxygen atoms in total. The summed E-state index contributed by atoms with van der Waals surface area (Å²) in [6.07, 6.45) is 2.84. The molecule has 0 saturated carbocycles. The van der Waals surface area contributed by atoms with Crippen LogP contribution in [0.1, 0.15) is 12.5 Å².